The summed E-state index contributed by atoms with van der Waals surface area (Å²) in [5.74, 6) is -0.586. The first-order chi connectivity index (χ1) is 9.43. The molecule has 20 heavy (non-hydrogen) atoms. The molecule has 0 saturated heterocycles. The highest BCUT2D eigenvalue weighted by Gasteiger charge is 2.20. The fourth-order valence-electron chi connectivity index (χ4n) is 1.67. The topological polar surface area (TPSA) is 39.2 Å². The van der Waals surface area contributed by atoms with Crippen LogP contribution in [0.1, 0.15) is 10.4 Å². The van der Waals surface area contributed by atoms with Crippen molar-refractivity contribution in [2.75, 3.05) is 7.11 Å². The minimum Gasteiger partial charge on any atom is -0.465 e. The van der Waals surface area contributed by atoms with Crippen LogP contribution in [0.4, 0.5) is 0 Å². The Hall–Kier alpha value is -1.000. The Morgan fingerprint density at radius 2 is 1.65 bits per heavy atom. The van der Waals surface area contributed by atoms with Gasteiger partial charge in [0, 0.05) is 16.8 Å². The number of pyridine rings is 1. The molecule has 7 heteroatoms. The first kappa shape index (κ1) is 15.4. The minimum absolute atomic E-state index is 0.172. The molecule has 0 fully saturated rings. The normalized spacial score (nSPS) is 10.4. The summed E-state index contributed by atoms with van der Waals surface area (Å²) in [6.45, 7) is 0. The number of carbonyl (C=O) groups excluding carboxylic acids is 1. The Bertz CT molecular complexity index is 665. The van der Waals surface area contributed by atoms with Crippen LogP contribution >= 0.6 is 46.4 Å². The molecular formula is C13H7Cl4NO2. The molecule has 1 aromatic heterocycles. The van der Waals surface area contributed by atoms with Crippen LogP contribution in [0.25, 0.3) is 11.3 Å². The third-order valence-electron chi connectivity index (χ3n) is 2.50. The third-order valence-corrected chi connectivity index (χ3v) is 3.52. The summed E-state index contributed by atoms with van der Waals surface area (Å²) in [7, 11) is 1.26. The molecule has 0 aliphatic heterocycles. The zero-order chi connectivity index (χ0) is 14.9. The van der Waals surface area contributed by atoms with E-state index >= 15 is 0 Å². The maximum Gasteiger partial charge on any atom is 0.340 e. The van der Waals surface area contributed by atoms with Crippen molar-refractivity contribution in [2.24, 2.45) is 0 Å². The molecule has 1 heterocycles. The molecule has 0 radical (unpaired) electrons. The van der Waals surface area contributed by atoms with E-state index in [1.54, 1.807) is 0 Å². The van der Waals surface area contributed by atoms with E-state index in [-0.39, 0.29) is 21.3 Å². The molecule has 0 unspecified atom stereocenters. The summed E-state index contributed by atoms with van der Waals surface area (Å²) in [6, 6.07) is 4.47. The standard InChI is InChI=1S/C13H7Cl4NO2/c1-20-13(19)8-2-7(15)5-18-12(8)11-9(16)3-6(14)4-10(11)17/h2-5H,1H3. The SMILES string of the molecule is COC(=O)c1cc(Cl)cnc1-c1c(Cl)cc(Cl)cc1Cl. The highest BCUT2D eigenvalue weighted by molar-refractivity contribution is 6.42. The third kappa shape index (κ3) is 3.01. The van der Waals surface area contributed by atoms with E-state index in [2.05, 4.69) is 4.98 Å². The summed E-state index contributed by atoms with van der Waals surface area (Å²) in [6.07, 6.45) is 1.39. The van der Waals surface area contributed by atoms with Crippen molar-refractivity contribution in [2.45, 2.75) is 0 Å². The lowest BCUT2D eigenvalue weighted by Crippen LogP contribution is -2.05. The number of hydrogen-bond donors (Lipinski definition) is 0. The Morgan fingerprint density at radius 3 is 2.20 bits per heavy atom. The fraction of sp³-hybridized carbons (Fsp3) is 0.0769. The van der Waals surface area contributed by atoms with Gasteiger partial charge in [-0.1, -0.05) is 46.4 Å². The molecule has 0 N–H and O–H groups in total. The summed E-state index contributed by atoms with van der Waals surface area (Å²) < 4.78 is 4.71. The number of carbonyl (C=O) groups is 1. The van der Waals surface area contributed by atoms with Gasteiger partial charge in [0.25, 0.3) is 0 Å². The lowest BCUT2D eigenvalue weighted by molar-refractivity contribution is 0.0601. The van der Waals surface area contributed by atoms with Gasteiger partial charge in [0.15, 0.2) is 0 Å². The molecule has 0 aliphatic carbocycles. The first-order valence-corrected chi connectivity index (χ1v) is 6.84. The largest absolute Gasteiger partial charge is 0.465 e. The van der Waals surface area contributed by atoms with Gasteiger partial charge in [-0.3, -0.25) is 4.98 Å². The number of benzene rings is 1. The Balaban J connectivity index is 2.73. The van der Waals surface area contributed by atoms with E-state index in [0.717, 1.165) is 0 Å². The number of nitrogens with zero attached hydrogens (tertiary/aromatic N) is 1. The molecule has 0 aliphatic rings. The van der Waals surface area contributed by atoms with Crippen molar-refractivity contribution in [3.63, 3.8) is 0 Å². The second-order valence-corrected chi connectivity index (χ2v) is 5.47. The number of aromatic nitrogens is 1. The molecule has 0 atom stereocenters. The lowest BCUT2D eigenvalue weighted by Gasteiger charge is -2.11. The molecule has 0 saturated carbocycles. The highest BCUT2D eigenvalue weighted by atomic mass is 35.5. The zero-order valence-electron chi connectivity index (χ0n) is 10.1. The van der Waals surface area contributed by atoms with Gasteiger partial charge in [0.1, 0.15) is 0 Å². The second-order valence-electron chi connectivity index (χ2n) is 3.79. The van der Waals surface area contributed by atoms with Gasteiger partial charge in [-0.15, -0.1) is 0 Å². The van der Waals surface area contributed by atoms with Crippen LogP contribution in [-0.4, -0.2) is 18.1 Å². The van der Waals surface area contributed by atoms with Crippen molar-refractivity contribution < 1.29 is 9.53 Å². The van der Waals surface area contributed by atoms with Crippen LogP contribution in [0.2, 0.25) is 20.1 Å². The Labute approximate surface area is 135 Å². The Morgan fingerprint density at radius 1 is 1.05 bits per heavy atom. The molecule has 2 aromatic rings. The average molecular weight is 351 g/mol. The second kappa shape index (κ2) is 6.19. The van der Waals surface area contributed by atoms with Crippen LogP contribution in [-0.2, 0) is 4.74 Å². The van der Waals surface area contributed by atoms with E-state index in [1.807, 2.05) is 0 Å². The molecule has 1 aromatic carbocycles. The Kier molecular flexibility index (Phi) is 4.76. The van der Waals surface area contributed by atoms with Crippen LogP contribution in [0, 0.1) is 0 Å². The van der Waals surface area contributed by atoms with Gasteiger partial charge >= 0.3 is 5.97 Å². The molecule has 0 bridgehead atoms. The fourth-order valence-corrected chi connectivity index (χ4v) is 2.83. The molecular weight excluding hydrogens is 344 g/mol. The van der Waals surface area contributed by atoms with Crippen molar-refractivity contribution in [3.8, 4) is 11.3 Å². The van der Waals surface area contributed by atoms with Crippen LogP contribution < -0.4 is 0 Å². The summed E-state index contributed by atoms with van der Waals surface area (Å²) in [4.78, 5) is 15.9. The number of halogens is 4. The average Bonchev–Trinajstić information content (AvgIpc) is 2.38. The van der Waals surface area contributed by atoms with Crippen LogP contribution in [0.3, 0.4) is 0 Å². The van der Waals surface area contributed by atoms with E-state index in [0.29, 0.717) is 15.6 Å². The molecule has 0 spiro atoms. The molecule has 3 nitrogen and oxygen atoms in total. The minimum atomic E-state index is -0.586. The van der Waals surface area contributed by atoms with Crippen LogP contribution in [0.5, 0.6) is 0 Å². The van der Waals surface area contributed by atoms with Gasteiger partial charge in [0.05, 0.1) is 33.4 Å². The monoisotopic (exact) mass is 349 g/mol. The molecule has 104 valence electrons. The van der Waals surface area contributed by atoms with Crippen molar-refractivity contribution in [1.82, 2.24) is 4.98 Å². The first-order valence-electron chi connectivity index (χ1n) is 5.32. The highest BCUT2D eigenvalue weighted by Crippen LogP contribution is 2.38. The van der Waals surface area contributed by atoms with E-state index in [1.165, 1.54) is 31.5 Å². The van der Waals surface area contributed by atoms with Crippen LogP contribution in [0.15, 0.2) is 24.4 Å². The van der Waals surface area contributed by atoms with Crippen molar-refractivity contribution >= 4 is 52.4 Å². The van der Waals surface area contributed by atoms with E-state index in [9.17, 15) is 4.79 Å². The van der Waals surface area contributed by atoms with Gasteiger partial charge in [-0.05, 0) is 18.2 Å². The zero-order valence-corrected chi connectivity index (χ0v) is 13.1. The number of hydrogen-bond acceptors (Lipinski definition) is 3. The number of ether oxygens (including phenoxy) is 1. The van der Waals surface area contributed by atoms with Crippen molar-refractivity contribution in [1.29, 1.82) is 0 Å². The summed E-state index contributed by atoms with van der Waals surface area (Å²) in [5.41, 5.74) is 0.855. The lowest BCUT2D eigenvalue weighted by atomic mass is 10.1. The van der Waals surface area contributed by atoms with Gasteiger partial charge in [-0.2, -0.15) is 0 Å². The van der Waals surface area contributed by atoms with Gasteiger partial charge in [0.2, 0.25) is 0 Å². The number of methoxy groups -OCH3 is 1. The number of esters is 1. The smallest absolute Gasteiger partial charge is 0.340 e. The number of rotatable bonds is 2. The maximum absolute atomic E-state index is 11.8. The quantitative estimate of drug-likeness (QED) is 0.703. The maximum atomic E-state index is 11.8. The summed E-state index contributed by atoms with van der Waals surface area (Å²) in [5, 5.41) is 1.25. The van der Waals surface area contributed by atoms with Gasteiger partial charge < -0.3 is 4.74 Å². The van der Waals surface area contributed by atoms with Gasteiger partial charge in [-0.25, -0.2) is 4.79 Å². The molecule has 0 amide bonds. The van der Waals surface area contributed by atoms with Crippen molar-refractivity contribution in [3.05, 3.63) is 50.0 Å². The predicted molar refractivity (Wildman–Crippen MR) is 81.1 cm³/mol. The summed E-state index contributed by atoms with van der Waals surface area (Å²) >= 11 is 24.0. The molecule has 2 rings (SSSR count). The van der Waals surface area contributed by atoms with E-state index in [4.69, 9.17) is 51.1 Å². The predicted octanol–water partition coefficient (Wildman–Crippen LogP) is 5.15. The van der Waals surface area contributed by atoms with E-state index < -0.39 is 5.97 Å².